The summed E-state index contributed by atoms with van der Waals surface area (Å²) in [5, 5.41) is 0. The topological polar surface area (TPSA) is 109 Å². The van der Waals surface area contributed by atoms with Crippen LogP contribution in [0.4, 0.5) is 0 Å². The third kappa shape index (κ3) is 26.8. The zero-order valence-electron chi connectivity index (χ0n) is 5.79. The van der Waals surface area contributed by atoms with Crippen LogP contribution in [0.5, 0.6) is 0 Å². The van der Waals surface area contributed by atoms with Gasteiger partial charge in [0.25, 0.3) is 0 Å². The van der Waals surface area contributed by atoms with Gasteiger partial charge >= 0.3 is 11.8 Å². The molecule has 0 saturated carbocycles. The van der Waals surface area contributed by atoms with Gasteiger partial charge in [0.1, 0.15) is 0 Å². The van der Waals surface area contributed by atoms with Gasteiger partial charge in [0.15, 0.2) is 0 Å². The number of carbonyl (C=O) groups is 2. The Labute approximate surface area is 61.9 Å². The Kier molecular flexibility index (Phi) is 7.63. The summed E-state index contributed by atoms with van der Waals surface area (Å²) in [5.41, 5.74) is 8.64. The molecule has 10 heavy (non-hydrogen) atoms. The first-order valence-electron chi connectivity index (χ1n) is 2.22. The summed E-state index contributed by atoms with van der Waals surface area (Å²) in [6, 6.07) is 0. The number of nitrogens with two attached hydrogens (primary N) is 2. The van der Waals surface area contributed by atoms with Gasteiger partial charge in [-0.3, -0.25) is 9.59 Å². The summed E-state index contributed by atoms with van der Waals surface area (Å²) in [5.74, 6) is -2.20. The molecule has 0 aromatic rings. The van der Waals surface area contributed by atoms with E-state index in [1.165, 1.54) is 0 Å². The SMILES string of the molecule is C[S+](C)[O-].NC(=O)C(N)=O. The molecule has 0 aliphatic rings. The fourth-order valence-corrected chi connectivity index (χ4v) is 0. The molecule has 0 heterocycles. The van der Waals surface area contributed by atoms with Crippen molar-refractivity contribution in [2.24, 2.45) is 11.5 Å². The Morgan fingerprint density at radius 2 is 1.30 bits per heavy atom. The number of hydrogen-bond acceptors (Lipinski definition) is 3. The highest BCUT2D eigenvalue weighted by Gasteiger charge is 1.96. The van der Waals surface area contributed by atoms with Crippen molar-refractivity contribution in [2.45, 2.75) is 0 Å². The molecule has 60 valence electrons. The fraction of sp³-hybridized carbons (Fsp3) is 0.500. The molecule has 4 N–H and O–H groups in total. The Morgan fingerprint density at radius 1 is 1.20 bits per heavy atom. The summed E-state index contributed by atoms with van der Waals surface area (Å²) in [6.07, 6.45) is 3.28. The highest BCUT2D eigenvalue weighted by Crippen LogP contribution is 1.61. The highest BCUT2D eigenvalue weighted by molar-refractivity contribution is 7.89. The van der Waals surface area contributed by atoms with E-state index in [0.29, 0.717) is 0 Å². The molecular formula is C4H10N2O3S. The molecule has 0 unspecified atom stereocenters. The van der Waals surface area contributed by atoms with E-state index in [0.717, 1.165) is 0 Å². The van der Waals surface area contributed by atoms with Crippen molar-refractivity contribution in [3.05, 3.63) is 0 Å². The summed E-state index contributed by atoms with van der Waals surface area (Å²) in [4.78, 5) is 18.9. The van der Waals surface area contributed by atoms with Crippen molar-refractivity contribution in [3.63, 3.8) is 0 Å². The van der Waals surface area contributed by atoms with Crippen LogP contribution in [-0.4, -0.2) is 28.9 Å². The first kappa shape index (κ1) is 12.0. The van der Waals surface area contributed by atoms with Gasteiger partial charge in [-0.1, -0.05) is 11.2 Å². The van der Waals surface area contributed by atoms with Crippen LogP contribution in [0.15, 0.2) is 0 Å². The average molecular weight is 166 g/mol. The minimum atomic E-state index is -1.10. The van der Waals surface area contributed by atoms with E-state index in [2.05, 4.69) is 11.5 Å². The van der Waals surface area contributed by atoms with Crippen LogP contribution in [0.3, 0.4) is 0 Å². The second-order valence-corrected chi connectivity index (χ2v) is 2.95. The molecule has 0 radical (unpaired) electrons. The van der Waals surface area contributed by atoms with E-state index < -0.39 is 23.0 Å². The van der Waals surface area contributed by atoms with Gasteiger partial charge in [0.2, 0.25) is 0 Å². The number of rotatable bonds is 0. The highest BCUT2D eigenvalue weighted by atomic mass is 32.2. The molecule has 5 nitrogen and oxygen atoms in total. The zero-order chi connectivity index (χ0) is 8.73. The average Bonchev–Trinajstić information content (AvgIpc) is 1.63. The number of primary amides is 2. The van der Waals surface area contributed by atoms with E-state index in [9.17, 15) is 14.1 Å². The van der Waals surface area contributed by atoms with Gasteiger partial charge in [-0.05, 0) is 0 Å². The molecule has 0 bridgehead atoms. The Morgan fingerprint density at radius 3 is 1.30 bits per heavy atom. The third-order valence-electron chi connectivity index (χ3n) is 0.243. The molecular weight excluding hydrogens is 156 g/mol. The lowest BCUT2D eigenvalue weighted by Gasteiger charge is -1.87. The maximum absolute atomic E-state index is 9.56. The lowest BCUT2D eigenvalue weighted by Crippen LogP contribution is -2.29. The predicted octanol–water partition coefficient (Wildman–Crippen LogP) is -2.05. The largest absolute Gasteiger partial charge is 0.617 e. The quantitative estimate of drug-likeness (QED) is 0.319. The van der Waals surface area contributed by atoms with Gasteiger partial charge in [-0.25, -0.2) is 0 Å². The van der Waals surface area contributed by atoms with Crippen LogP contribution in [0, 0.1) is 0 Å². The van der Waals surface area contributed by atoms with E-state index in [1.807, 2.05) is 0 Å². The second kappa shape index (κ2) is 6.37. The van der Waals surface area contributed by atoms with Gasteiger partial charge in [0, 0.05) is 0 Å². The van der Waals surface area contributed by atoms with Crippen molar-refractivity contribution in [1.82, 2.24) is 0 Å². The van der Waals surface area contributed by atoms with Crippen LogP contribution >= 0.6 is 0 Å². The van der Waals surface area contributed by atoms with Gasteiger partial charge in [-0.15, -0.1) is 0 Å². The van der Waals surface area contributed by atoms with Gasteiger partial charge in [0.05, 0.1) is 12.5 Å². The molecule has 0 aliphatic carbocycles. The summed E-state index contributed by atoms with van der Waals surface area (Å²) < 4.78 is 9.56. The van der Waals surface area contributed by atoms with Crippen molar-refractivity contribution < 1.29 is 14.1 Å². The lowest BCUT2D eigenvalue weighted by molar-refractivity contribution is -0.135. The first-order chi connectivity index (χ1) is 4.37. The molecule has 0 aromatic heterocycles. The molecule has 0 aliphatic heterocycles. The summed E-state index contributed by atoms with van der Waals surface area (Å²) >= 11 is -0.611. The van der Waals surface area contributed by atoms with Crippen molar-refractivity contribution >= 4 is 23.0 Å². The smallest absolute Gasteiger partial charge is 0.306 e. The van der Waals surface area contributed by atoms with Crippen molar-refractivity contribution in [3.8, 4) is 0 Å². The van der Waals surface area contributed by atoms with E-state index >= 15 is 0 Å². The Bertz CT molecular complexity index is 111. The van der Waals surface area contributed by atoms with Crippen LogP contribution < -0.4 is 11.5 Å². The minimum Gasteiger partial charge on any atom is -0.617 e. The van der Waals surface area contributed by atoms with Gasteiger partial charge in [-0.2, -0.15) is 0 Å². The van der Waals surface area contributed by atoms with Crippen LogP contribution in [0.2, 0.25) is 0 Å². The molecule has 0 atom stereocenters. The molecule has 0 saturated heterocycles. The monoisotopic (exact) mass is 166 g/mol. The maximum atomic E-state index is 9.56. The molecule has 6 heteroatoms. The van der Waals surface area contributed by atoms with E-state index in [1.54, 1.807) is 12.5 Å². The van der Waals surface area contributed by atoms with Crippen molar-refractivity contribution in [2.75, 3.05) is 12.5 Å². The van der Waals surface area contributed by atoms with Crippen molar-refractivity contribution in [1.29, 1.82) is 0 Å². The van der Waals surface area contributed by atoms with Crippen LogP contribution in [0.25, 0.3) is 0 Å². The van der Waals surface area contributed by atoms with Gasteiger partial charge < -0.3 is 16.0 Å². The fourth-order valence-electron chi connectivity index (χ4n) is 0. The number of hydrogen-bond donors (Lipinski definition) is 2. The Balaban J connectivity index is 0. The third-order valence-corrected chi connectivity index (χ3v) is 0.243. The normalized spacial score (nSPS) is 8.00. The van der Waals surface area contributed by atoms with E-state index in [4.69, 9.17) is 0 Å². The molecule has 2 amide bonds. The Hall–Kier alpha value is -0.750. The molecule has 0 aromatic carbocycles. The van der Waals surface area contributed by atoms with Crippen LogP contribution in [0.1, 0.15) is 0 Å². The zero-order valence-corrected chi connectivity index (χ0v) is 6.60. The molecule has 0 spiro atoms. The predicted molar refractivity (Wildman–Crippen MR) is 38.4 cm³/mol. The number of amides is 2. The summed E-state index contributed by atoms with van der Waals surface area (Å²) in [6.45, 7) is 0. The second-order valence-electron chi connectivity index (χ2n) is 1.47. The first-order valence-corrected chi connectivity index (χ1v) is 4.19. The summed E-state index contributed by atoms with van der Waals surface area (Å²) in [7, 11) is 0. The number of carbonyl (C=O) groups excluding carboxylic acids is 2. The van der Waals surface area contributed by atoms with Crippen LogP contribution in [-0.2, 0) is 20.8 Å². The maximum Gasteiger partial charge on any atom is 0.306 e. The standard InChI is InChI=1S/C2H4N2O2.C2H6OS/c3-1(5)2(4)6;1-4(2)3/h(H2,3,5)(H2,4,6);1-2H3. The lowest BCUT2D eigenvalue weighted by atomic mass is 10.6. The minimum absolute atomic E-state index is 0.611. The molecule has 0 fully saturated rings. The van der Waals surface area contributed by atoms with E-state index in [-0.39, 0.29) is 0 Å². The molecule has 0 rings (SSSR count).